The van der Waals surface area contributed by atoms with Gasteiger partial charge in [-0.1, -0.05) is 18.2 Å². The normalized spacial score (nSPS) is 10.7. The standard InChI is InChI=1S/C20H15BrN4O3S/c21-17-8-7-15(28-17)20(27)22-13-5-3-12(4-6-13)10-19(26)23-18-11-14(24-25-18)16-2-1-9-29-16/h1-9,11H,10H2,(H,22,27)(H2,23,24,25,26). The minimum absolute atomic E-state index is 0.175. The first kappa shape index (κ1) is 19.2. The van der Waals surface area contributed by atoms with Gasteiger partial charge in [-0.05, 0) is 57.2 Å². The number of nitrogens with zero attached hydrogens (tertiary/aromatic N) is 1. The molecule has 0 aliphatic heterocycles. The van der Waals surface area contributed by atoms with E-state index in [9.17, 15) is 9.59 Å². The van der Waals surface area contributed by atoms with Crippen molar-refractivity contribution in [2.45, 2.75) is 6.42 Å². The molecule has 29 heavy (non-hydrogen) atoms. The van der Waals surface area contributed by atoms with E-state index in [0.717, 1.165) is 16.1 Å². The maximum atomic E-state index is 12.3. The molecule has 9 heteroatoms. The molecule has 0 bridgehead atoms. The van der Waals surface area contributed by atoms with Crippen LogP contribution < -0.4 is 10.6 Å². The monoisotopic (exact) mass is 470 g/mol. The summed E-state index contributed by atoms with van der Waals surface area (Å²) in [7, 11) is 0. The minimum Gasteiger partial charge on any atom is -0.444 e. The van der Waals surface area contributed by atoms with Crippen LogP contribution in [0.25, 0.3) is 10.6 Å². The van der Waals surface area contributed by atoms with Gasteiger partial charge in [-0.3, -0.25) is 14.7 Å². The molecule has 3 aromatic heterocycles. The highest BCUT2D eigenvalue weighted by molar-refractivity contribution is 9.10. The van der Waals surface area contributed by atoms with Gasteiger partial charge in [0.25, 0.3) is 5.91 Å². The Kier molecular flexibility index (Phi) is 5.59. The van der Waals surface area contributed by atoms with Crippen molar-refractivity contribution < 1.29 is 14.0 Å². The quantitative estimate of drug-likeness (QED) is 0.371. The van der Waals surface area contributed by atoms with Crippen LogP contribution in [-0.2, 0) is 11.2 Å². The number of benzene rings is 1. The number of amides is 2. The maximum Gasteiger partial charge on any atom is 0.291 e. The first-order valence-electron chi connectivity index (χ1n) is 8.61. The van der Waals surface area contributed by atoms with Gasteiger partial charge in [0.15, 0.2) is 16.2 Å². The van der Waals surface area contributed by atoms with Crippen molar-refractivity contribution in [3.05, 3.63) is 76.0 Å². The Hall–Kier alpha value is -3.17. The summed E-state index contributed by atoms with van der Waals surface area (Å²) < 4.78 is 5.71. The Bertz CT molecular complexity index is 1130. The largest absolute Gasteiger partial charge is 0.444 e. The number of hydrogen-bond acceptors (Lipinski definition) is 5. The number of anilines is 2. The number of H-pyrrole nitrogens is 1. The van der Waals surface area contributed by atoms with Gasteiger partial charge in [0, 0.05) is 11.8 Å². The van der Waals surface area contributed by atoms with Crippen molar-refractivity contribution in [3.8, 4) is 10.6 Å². The molecule has 4 rings (SSSR count). The number of rotatable bonds is 6. The zero-order valence-corrected chi connectivity index (χ0v) is 17.3. The third kappa shape index (κ3) is 4.82. The molecule has 0 unspecified atom stereocenters. The lowest BCUT2D eigenvalue weighted by Gasteiger charge is -2.05. The van der Waals surface area contributed by atoms with Crippen LogP contribution in [0.4, 0.5) is 11.5 Å². The van der Waals surface area contributed by atoms with Crippen LogP contribution in [0.2, 0.25) is 0 Å². The molecule has 0 aliphatic carbocycles. The first-order chi connectivity index (χ1) is 14.1. The predicted molar refractivity (Wildman–Crippen MR) is 115 cm³/mol. The van der Waals surface area contributed by atoms with E-state index < -0.39 is 0 Å². The SMILES string of the molecule is O=C(Cc1ccc(NC(=O)c2ccc(Br)o2)cc1)Nc1cc(-c2cccs2)[nH]n1. The van der Waals surface area contributed by atoms with Crippen molar-refractivity contribution in [1.82, 2.24) is 10.2 Å². The molecular formula is C20H15BrN4O3S. The Balaban J connectivity index is 1.32. The van der Waals surface area contributed by atoms with Gasteiger partial charge in [-0.25, -0.2) is 0 Å². The van der Waals surface area contributed by atoms with Crippen molar-refractivity contribution >= 4 is 50.6 Å². The van der Waals surface area contributed by atoms with Gasteiger partial charge in [0.1, 0.15) is 0 Å². The lowest BCUT2D eigenvalue weighted by atomic mass is 10.1. The summed E-state index contributed by atoms with van der Waals surface area (Å²) in [5, 5.41) is 14.5. The number of aromatic nitrogens is 2. The summed E-state index contributed by atoms with van der Waals surface area (Å²) in [4.78, 5) is 25.4. The van der Waals surface area contributed by atoms with Gasteiger partial charge in [-0.15, -0.1) is 11.3 Å². The molecule has 2 amide bonds. The molecule has 1 aromatic carbocycles. The fraction of sp³-hybridized carbons (Fsp3) is 0.0500. The number of hydrogen-bond donors (Lipinski definition) is 3. The number of thiophene rings is 1. The molecule has 7 nitrogen and oxygen atoms in total. The van der Waals surface area contributed by atoms with Crippen LogP contribution in [0.3, 0.4) is 0 Å². The van der Waals surface area contributed by atoms with E-state index in [1.165, 1.54) is 0 Å². The summed E-state index contributed by atoms with van der Waals surface area (Å²) in [5.74, 6) is 0.167. The first-order valence-corrected chi connectivity index (χ1v) is 10.3. The number of furan rings is 1. The number of aromatic amines is 1. The Labute approximate surface area is 178 Å². The topological polar surface area (TPSA) is 100 Å². The van der Waals surface area contributed by atoms with Gasteiger partial charge in [0.2, 0.25) is 5.91 Å². The Morgan fingerprint density at radius 2 is 1.93 bits per heavy atom. The molecule has 0 atom stereocenters. The van der Waals surface area contributed by atoms with E-state index in [1.807, 2.05) is 17.5 Å². The average Bonchev–Trinajstić information content (AvgIpc) is 3.44. The van der Waals surface area contributed by atoms with Crippen molar-refractivity contribution in [3.63, 3.8) is 0 Å². The highest BCUT2D eigenvalue weighted by Crippen LogP contribution is 2.24. The molecule has 0 radical (unpaired) electrons. The van der Waals surface area contributed by atoms with Gasteiger partial charge >= 0.3 is 0 Å². The summed E-state index contributed by atoms with van der Waals surface area (Å²) in [6.07, 6.45) is 0.195. The maximum absolute atomic E-state index is 12.3. The second kappa shape index (κ2) is 8.46. The molecule has 3 heterocycles. The van der Waals surface area contributed by atoms with E-state index in [1.54, 1.807) is 53.8 Å². The van der Waals surface area contributed by atoms with Crippen molar-refractivity contribution in [2.24, 2.45) is 0 Å². The zero-order valence-electron chi connectivity index (χ0n) is 14.9. The van der Waals surface area contributed by atoms with Crippen LogP contribution in [0.5, 0.6) is 0 Å². The summed E-state index contributed by atoms with van der Waals surface area (Å²) in [5.41, 5.74) is 2.29. The minimum atomic E-state index is -0.346. The summed E-state index contributed by atoms with van der Waals surface area (Å²) in [6.45, 7) is 0. The molecule has 0 saturated carbocycles. The van der Waals surface area contributed by atoms with E-state index in [-0.39, 0.29) is 24.0 Å². The third-order valence-electron chi connectivity index (χ3n) is 4.01. The van der Waals surface area contributed by atoms with Crippen LogP contribution >= 0.6 is 27.3 Å². The number of halogens is 1. The van der Waals surface area contributed by atoms with E-state index in [4.69, 9.17) is 4.42 Å². The second-order valence-electron chi connectivity index (χ2n) is 6.12. The highest BCUT2D eigenvalue weighted by atomic mass is 79.9. The van der Waals surface area contributed by atoms with Crippen LogP contribution in [0.15, 0.2) is 69.1 Å². The van der Waals surface area contributed by atoms with Crippen molar-refractivity contribution in [2.75, 3.05) is 10.6 Å². The van der Waals surface area contributed by atoms with Crippen molar-refractivity contribution in [1.29, 1.82) is 0 Å². The van der Waals surface area contributed by atoms with E-state index in [2.05, 4.69) is 36.8 Å². The van der Waals surface area contributed by atoms with Gasteiger partial charge in [0.05, 0.1) is 17.0 Å². The number of carbonyl (C=O) groups excluding carboxylic acids is 2. The Morgan fingerprint density at radius 1 is 1.10 bits per heavy atom. The fourth-order valence-electron chi connectivity index (χ4n) is 2.65. The smallest absolute Gasteiger partial charge is 0.291 e. The van der Waals surface area contributed by atoms with Crippen LogP contribution in [-0.4, -0.2) is 22.0 Å². The summed E-state index contributed by atoms with van der Waals surface area (Å²) in [6, 6.07) is 16.0. The molecule has 0 aliphatic rings. The number of carbonyl (C=O) groups is 2. The lowest BCUT2D eigenvalue weighted by Crippen LogP contribution is -2.15. The second-order valence-corrected chi connectivity index (χ2v) is 7.85. The molecule has 146 valence electrons. The average molecular weight is 471 g/mol. The van der Waals surface area contributed by atoms with Crippen LogP contribution in [0.1, 0.15) is 16.1 Å². The molecular weight excluding hydrogens is 456 g/mol. The molecule has 0 spiro atoms. The molecule has 3 N–H and O–H groups in total. The lowest BCUT2D eigenvalue weighted by molar-refractivity contribution is -0.115. The molecule has 4 aromatic rings. The highest BCUT2D eigenvalue weighted by Gasteiger charge is 2.12. The Morgan fingerprint density at radius 3 is 2.62 bits per heavy atom. The number of nitrogens with one attached hydrogen (secondary N) is 3. The summed E-state index contributed by atoms with van der Waals surface area (Å²) >= 11 is 4.76. The van der Waals surface area contributed by atoms with Gasteiger partial charge in [-0.2, -0.15) is 5.10 Å². The van der Waals surface area contributed by atoms with Gasteiger partial charge < -0.3 is 15.1 Å². The fourth-order valence-corrected chi connectivity index (χ4v) is 3.65. The predicted octanol–water partition coefficient (Wildman–Crippen LogP) is 4.93. The molecule has 0 fully saturated rings. The zero-order chi connectivity index (χ0) is 20.2. The van der Waals surface area contributed by atoms with Crippen LogP contribution in [0, 0.1) is 0 Å². The molecule has 0 saturated heterocycles. The van der Waals surface area contributed by atoms with E-state index >= 15 is 0 Å². The van der Waals surface area contributed by atoms with E-state index in [0.29, 0.717) is 16.2 Å². The third-order valence-corrected chi connectivity index (χ3v) is 5.33.